The predicted molar refractivity (Wildman–Crippen MR) is 49.7 cm³/mol. The molecule has 0 bridgehead atoms. The molecule has 1 rings (SSSR count). The molecule has 0 atom stereocenters. The van der Waals surface area contributed by atoms with Crippen LogP contribution in [-0.2, 0) is 0 Å². The van der Waals surface area contributed by atoms with E-state index in [0.717, 1.165) is 0 Å². The van der Waals surface area contributed by atoms with Gasteiger partial charge >= 0.3 is 0 Å². The highest BCUT2D eigenvalue weighted by molar-refractivity contribution is 5.02. The maximum absolute atomic E-state index is 8.93. The molecule has 0 spiro atoms. The molecule has 0 aromatic carbocycles. The van der Waals surface area contributed by atoms with Crippen LogP contribution in [0.3, 0.4) is 0 Å². The van der Waals surface area contributed by atoms with Crippen molar-refractivity contribution in [3.63, 3.8) is 0 Å². The number of hydrogen-bond acceptors (Lipinski definition) is 2. The smallest absolute Gasteiger partial charge is 0.103 e. The summed E-state index contributed by atoms with van der Waals surface area (Å²) in [4.78, 5) is 2.22. The second-order valence-corrected chi connectivity index (χ2v) is 4.22. The molecule has 12 heavy (non-hydrogen) atoms. The Kier molecular flexibility index (Phi) is 2.74. The average molecular weight is 166 g/mol. The molecular formula is C10H18N2. The zero-order valence-electron chi connectivity index (χ0n) is 8.30. The van der Waals surface area contributed by atoms with Crippen molar-refractivity contribution in [3.05, 3.63) is 0 Å². The van der Waals surface area contributed by atoms with Gasteiger partial charge in [0.2, 0.25) is 0 Å². The molecule has 0 aromatic rings. The van der Waals surface area contributed by atoms with Gasteiger partial charge < -0.3 is 0 Å². The van der Waals surface area contributed by atoms with Crippen molar-refractivity contribution in [1.82, 2.24) is 4.90 Å². The minimum absolute atomic E-state index is 0.297. The third-order valence-electron chi connectivity index (χ3n) is 3.03. The fourth-order valence-electron chi connectivity index (χ4n) is 1.83. The molecule has 0 heterocycles. The first kappa shape index (κ1) is 9.54. The van der Waals surface area contributed by atoms with Crippen molar-refractivity contribution in [2.45, 2.75) is 51.1 Å². The van der Waals surface area contributed by atoms with Crippen molar-refractivity contribution in [1.29, 1.82) is 5.26 Å². The number of nitrogens with zero attached hydrogens (tertiary/aromatic N) is 2. The zero-order valence-corrected chi connectivity index (χ0v) is 8.30. The molecule has 0 radical (unpaired) electrons. The van der Waals surface area contributed by atoms with E-state index in [1.54, 1.807) is 0 Å². The minimum atomic E-state index is -0.297. The highest BCUT2D eigenvalue weighted by Crippen LogP contribution is 2.27. The molecular weight excluding hydrogens is 148 g/mol. The van der Waals surface area contributed by atoms with Crippen molar-refractivity contribution < 1.29 is 0 Å². The number of rotatable bonds is 2. The van der Waals surface area contributed by atoms with Gasteiger partial charge in [-0.3, -0.25) is 4.90 Å². The highest BCUT2D eigenvalue weighted by Gasteiger charge is 2.30. The van der Waals surface area contributed by atoms with E-state index in [2.05, 4.69) is 18.0 Å². The third kappa shape index (κ3) is 1.78. The zero-order chi connectivity index (χ0) is 9.19. The molecule has 0 aromatic heterocycles. The van der Waals surface area contributed by atoms with Crippen LogP contribution < -0.4 is 0 Å². The van der Waals surface area contributed by atoms with Gasteiger partial charge in [0.1, 0.15) is 5.54 Å². The molecule has 0 unspecified atom stereocenters. The first-order chi connectivity index (χ1) is 5.58. The normalized spacial score (nSPS) is 19.9. The molecule has 0 saturated heterocycles. The summed E-state index contributed by atoms with van der Waals surface area (Å²) >= 11 is 0. The molecule has 1 aliphatic carbocycles. The van der Waals surface area contributed by atoms with Crippen molar-refractivity contribution in [3.8, 4) is 6.07 Å². The van der Waals surface area contributed by atoms with Crippen LogP contribution in [-0.4, -0.2) is 23.5 Å². The summed E-state index contributed by atoms with van der Waals surface area (Å²) < 4.78 is 0. The van der Waals surface area contributed by atoms with Crippen LogP contribution in [0.25, 0.3) is 0 Å². The molecule has 1 fully saturated rings. The van der Waals surface area contributed by atoms with Gasteiger partial charge in [0, 0.05) is 6.04 Å². The van der Waals surface area contributed by atoms with E-state index in [1.165, 1.54) is 25.7 Å². The maximum atomic E-state index is 8.93. The fraction of sp³-hybridized carbons (Fsp3) is 0.900. The van der Waals surface area contributed by atoms with E-state index in [4.69, 9.17) is 5.26 Å². The van der Waals surface area contributed by atoms with Crippen molar-refractivity contribution >= 4 is 0 Å². The lowest BCUT2D eigenvalue weighted by molar-refractivity contribution is 0.148. The van der Waals surface area contributed by atoms with Gasteiger partial charge in [0.25, 0.3) is 0 Å². The van der Waals surface area contributed by atoms with Crippen LogP contribution >= 0.6 is 0 Å². The lowest BCUT2D eigenvalue weighted by Crippen LogP contribution is -2.45. The minimum Gasteiger partial charge on any atom is -0.286 e. The van der Waals surface area contributed by atoms with Crippen molar-refractivity contribution in [2.24, 2.45) is 0 Å². The Morgan fingerprint density at radius 1 is 1.33 bits per heavy atom. The van der Waals surface area contributed by atoms with E-state index >= 15 is 0 Å². The van der Waals surface area contributed by atoms with Gasteiger partial charge in [-0.25, -0.2) is 0 Å². The van der Waals surface area contributed by atoms with Crippen LogP contribution in [0.15, 0.2) is 0 Å². The van der Waals surface area contributed by atoms with E-state index in [-0.39, 0.29) is 5.54 Å². The third-order valence-corrected chi connectivity index (χ3v) is 3.03. The topological polar surface area (TPSA) is 27.0 Å². The quantitative estimate of drug-likeness (QED) is 0.628. The molecule has 2 nitrogen and oxygen atoms in total. The van der Waals surface area contributed by atoms with Gasteiger partial charge in [-0.1, -0.05) is 12.8 Å². The number of hydrogen-bond donors (Lipinski definition) is 0. The first-order valence-corrected chi connectivity index (χ1v) is 4.72. The molecule has 2 heteroatoms. The summed E-state index contributed by atoms with van der Waals surface area (Å²) in [5.74, 6) is 0. The Morgan fingerprint density at radius 2 is 1.83 bits per heavy atom. The molecule has 1 aliphatic rings. The molecule has 0 amide bonds. The Hall–Kier alpha value is -0.550. The summed E-state index contributed by atoms with van der Waals surface area (Å²) in [6, 6.07) is 2.98. The Labute approximate surface area is 75.2 Å². The summed E-state index contributed by atoms with van der Waals surface area (Å²) in [5, 5.41) is 8.93. The lowest BCUT2D eigenvalue weighted by atomic mass is 10.0. The second kappa shape index (κ2) is 3.45. The van der Waals surface area contributed by atoms with E-state index in [9.17, 15) is 0 Å². The Bertz CT molecular complexity index is 185. The van der Waals surface area contributed by atoms with Crippen LogP contribution in [0, 0.1) is 11.3 Å². The summed E-state index contributed by atoms with van der Waals surface area (Å²) in [6.45, 7) is 3.98. The van der Waals surface area contributed by atoms with E-state index < -0.39 is 0 Å². The van der Waals surface area contributed by atoms with E-state index in [1.807, 2.05) is 13.8 Å². The van der Waals surface area contributed by atoms with Gasteiger partial charge in [0.15, 0.2) is 0 Å². The second-order valence-electron chi connectivity index (χ2n) is 4.22. The van der Waals surface area contributed by atoms with E-state index in [0.29, 0.717) is 6.04 Å². The molecule has 0 aliphatic heterocycles. The monoisotopic (exact) mass is 166 g/mol. The highest BCUT2D eigenvalue weighted by atomic mass is 15.2. The summed E-state index contributed by atoms with van der Waals surface area (Å²) in [5.41, 5.74) is -0.297. The SMILES string of the molecule is CN(C1CCCC1)C(C)(C)C#N. The fourth-order valence-corrected chi connectivity index (χ4v) is 1.83. The molecule has 0 N–H and O–H groups in total. The van der Waals surface area contributed by atoms with Crippen LogP contribution in [0.1, 0.15) is 39.5 Å². The first-order valence-electron chi connectivity index (χ1n) is 4.72. The van der Waals surface area contributed by atoms with Gasteiger partial charge in [-0.2, -0.15) is 5.26 Å². The Balaban J connectivity index is 2.57. The standard InChI is InChI=1S/C10H18N2/c1-10(2,8-11)12(3)9-6-4-5-7-9/h9H,4-7H2,1-3H3. The molecule has 68 valence electrons. The largest absolute Gasteiger partial charge is 0.286 e. The van der Waals surface area contributed by atoms with Gasteiger partial charge in [-0.15, -0.1) is 0 Å². The molecule has 1 saturated carbocycles. The lowest BCUT2D eigenvalue weighted by Gasteiger charge is -2.34. The average Bonchev–Trinajstić information content (AvgIpc) is 2.55. The maximum Gasteiger partial charge on any atom is 0.103 e. The summed E-state index contributed by atoms with van der Waals surface area (Å²) in [7, 11) is 2.07. The Morgan fingerprint density at radius 3 is 2.25 bits per heavy atom. The van der Waals surface area contributed by atoms with Crippen LogP contribution in [0.4, 0.5) is 0 Å². The van der Waals surface area contributed by atoms with Gasteiger partial charge in [0.05, 0.1) is 6.07 Å². The van der Waals surface area contributed by atoms with Crippen LogP contribution in [0.5, 0.6) is 0 Å². The van der Waals surface area contributed by atoms with Crippen molar-refractivity contribution in [2.75, 3.05) is 7.05 Å². The number of nitriles is 1. The van der Waals surface area contributed by atoms with Gasteiger partial charge in [-0.05, 0) is 33.7 Å². The van der Waals surface area contributed by atoms with Crippen LogP contribution in [0.2, 0.25) is 0 Å². The summed E-state index contributed by atoms with van der Waals surface area (Å²) in [6.07, 6.45) is 5.19. The predicted octanol–water partition coefficient (Wildman–Crippen LogP) is 2.16.